The first-order valence-electron chi connectivity index (χ1n) is 4.07. The normalized spacial score (nSPS) is 11.8. The number of nitrogens with two attached hydrogens (primary N) is 1. The zero-order valence-corrected chi connectivity index (χ0v) is 8.98. The van der Waals surface area contributed by atoms with Crippen LogP contribution in [0.3, 0.4) is 0 Å². The quantitative estimate of drug-likeness (QED) is 0.569. The van der Waals surface area contributed by atoms with Crippen molar-refractivity contribution in [1.82, 2.24) is 9.36 Å². The molecule has 1 aromatic rings. The summed E-state index contributed by atoms with van der Waals surface area (Å²) >= 11 is 0.901. The largest absolute Gasteiger partial charge is 0.476 e. The van der Waals surface area contributed by atoms with Crippen molar-refractivity contribution in [1.29, 1.82) is 0 Å². The SMILES string of the molecule is CC(C)O/N=C(/C(=O)O)c1nsc(N)n1. The van der Waals surface area contributed by atoms with Crippen LogP contribution in [-0.4, -0.2) is 32.2 Å². The zero-order valence-electron chi connectivity index (χ0n) is 8.17. The molecule has 8 heteroatoms. The summed E-state index contributed by atoms with van der Waals surface area (Å²) in [5.41, 5.74) is 4.98. The zero-order chi connectivity index (χ0) is 11.4. The molecule has 1 rings (SSSR count). The monoisotopic (exact) mass is 230 g/mol. The number of nitrogens with zero attached hydrogens (tertiary/aromatic N) is 3. The molecule has 0 aromatic carbocycles. The van der Waals surface area contributed by atoms with E-state index in [4.69, 9.17) is 15.7 Å². The van der Waals surface area contributed by atoms with Gasteiger partial charge < -0.3 is 15.7 Å². The summed E-state index contributed by atoms with van der Waals surface area (Å²) < 4.78 is 3.73. The fourth-order valence-corrected chi connectivity index (χ4v) is 1.10. The molecule has 0 aliphatic rings. The average molecular weight is 230 g/mol. The molecule has 0 spiro atoms. The summed E-state index contributed by atoms with van der Waals surface area (Å²) in [6, 6.07) is 0. The summed E-state index contributed by atoms with van der Waals surface area (Å²) in [6.07, 6.45) is -0.213. The highest BCUT2D eigenvalue weighted by Gasteiger charge is 2.19. The Morgan fingerprint density at radius 1 is 1.67 bits per heavy atom. The second-order valence-electron chi connectivity index (χ2n) is 2.86. The van der Waals surface area contributed by atoms with E-state index in [0.29, 0.717) is 0 Å². The lowest BCUT2D eigenvalue weighted by molar-refractivity contribution is -0.129. The van der Waals surface area contributed by atoms with Gasteiger partial charge in [-0.05, 0) is 13.8 Å². The highest BCUT2D eigenvalue weighted by Crippen LogP contribution is 2.07. The van der Waals surface area contributed by atoms with Gasteiger partial charge in [0.1, 0.15) is 6.10 Å². The second kappa shape index (κ2) is 4.69. The standard InChI is InChI=1S/C7H10N4O3S/c1-3(2)14-10-4(6(12)13)5-9-7(8)15-11-5/h3H,1-2H3,(H,12,13)(H2,8,9,11)/b10-4+. The van der Waals surface area contributed by atoms with Gasteiger partial charge in [-0.2, -0.15) is 9.36 Å². The van der Waals surface area contributed by atoms with E-state index in [1.807, 2.05) is 0 Å². The van der Waals surface area contributed by atoms with E-state index in [1.165, 1.54) is 0 Å². The molecule has 7 nitrogen and oxygen atoms in total. The van der Waals surface area contributed by atoms with Gasteiger partial charge in [0, 0.05) is 11.5 Å². The van der Waals surface area contributed by atoms with Crippen LogP contribution in [-0.2, 0) is 9.63 Å². The number of hydrogen-bond acceptors (Lipinski definition) is 7. The summed E-state index contributed by atoms with van der Waals surface area (Å²) in [7, 11) is 0. The van der Waals surface area contributed by atoms with Crippen LogP contribution < -0.4 is 5.73 Å². The van der Waals surface area contributed by atoms with Crippen LogP contribution >= 0.6 is 11.5 Å². The van der Waals surface area contributed by atoms with Gasteiger partial charge in [-0.3, -0.25) is 0 Å². The predicted molar refractivity (Wildman–Crippen MR) is 54.7 cm³/mol. The number of oxime groups is 1. The Morgan fingerprint density at radius 2 is 2.33 bits per heavy atom. The van der Waals surface area contributed by atoms with Crippen LogP contribution in [0.2, 0.25) is 0 Å². The van der Waals surface area contributed by atoms with E-state index in [-0.39, 0.29) is 22.8 Å². The molecular weight excluding hydrogens is 220 g/mol. The van der Waals surface area contributed by atoms with E-state index in [1.54, 1.807) is 13.8 Å². The topological polar surface area (TPSA) is 111 Å². The van der Waals surface area contributed by atoms with E-state index < -0.39 is 5.97 Å². The molecule has 0 fully saturated rings. The smallest absolute Gasteiger partial charge is 0.362 e. The van der Waals surface area contributed by atoms with E-state index in [2.05, 4.69) is 14.5 Å². The fraction of sp³-hybridized carbons (Fsp3) is 0.429. The number of nitrogen functional groups attached to an aromatic ring is 1. The lowest BCUT2D eigenvalue weighted by Gasteiger charge is -2.02. The van der Waals surface area contributed by atoms with Crippen molar-refractivity contribution >= 4 is 28.3 Å². The van der Waals surface area contributed by atoms with Gasteiger partial charge >= 0.3 is 5.97 Å². The maximum absolute atomic E-state index is 10.8. The number of rotatable bonds is 4. The number of hydrogen-bond donors (Lipinski definition) is 2. The first-order chi connectivity index (χ1) is 7.00. The molecule has 1 heterocycles. The van der Waals surface area contributed by atoms with Crippen LogP contribution in [0.5, 0.6) is 0 Å². The van der Waals surface area contributed by atoms with Crippen LogP contribution in [0.15, 0.2) is 5.16 Å². The number of aliphatic carboxylic acids is 1. The summed E-state index contributed by atoms with van der Waals surface area (Å²) in [5, 5.41) is 12.5. The third-order valence-electron chi connectivity index (χ3n) is 1.21. The third-order valence-corrected chi connectivity index (χ3v) is 1.75. The Hall–Kier alpha value is -1.70. The summed E-state index contributed by atoms with van der Waals surface area (Å²) in [4.78, 5) is 19.3. The van der Waals surface area contributed by atoms with Crippen molar-refractivity contribution in [2.24, 2.45) is 5.16 Å². The highest BCUT2D eigenvalue weighted by molar-refractivity contribution is 7.09. The van der Waals surface area contributed by atoms with Crippen LogP contribution in [0.25, 0.3) is 0 Å². The number of anilines is 1. The molecule has 3 N–H and O–H groups in total. The molecule has 0 bridgehead atoms. The number of carboxylic acids is 1. The number of aromatic nitrogens is 2. The van der Waals surface area contributed by atoms with Gasteiger partial charge in [0.05, 0.1) is 0 Å². The molecule has 0 atom stereocenters. The summed E-state index contributed by atoms with van der Waals surface area (Å²) in [5.74, 6) is -1.29. The maximum Gasteiger partial charge on any atom is 0.362 e. The van der Waals surface area contributed by atoms with Gasteiger partial charge in [-0.25, -0.2) is 4.79 Å². The first kappa shape index (κ1) is 11.4. The lowest BCUT2D eigenvalue weighted by Crippen LogP contribution is -2.17. The Kier molecular flexibility index (Phi) is 3.56. The minimum atomic E-state index is -1.26. The highest BCUT2D eigenvalue weighted by atomic mass is 32.1. The lowest BCUT2D eigenvalue weighted by atomic mass is 10.4. The van der Waals surface area contributed by atoms with Crippen molar-refractivity contribution in [3.63, 3.8) is 0 Å². The second-order valence-corrected chi connectivity index (χ2v) is 3.64. The minimum Gasteiger partial charge on any atom is -0.476 e. The minimum absolute atomic E-state index is 0.0364. The molecule has 0 unspecified atom stereocenters. The third kappa shape index (κ3) is 3.17. The fourth-order valence-electron chi connectivity index (χ4n) is 0.665. The Labute approximate surface area is 89.7 Å². The first-order valence-corrected chi connectivity index (χ1v) is 4.84. The molecule has 0 aliphatic heterocycles. The van der Waals surface area contributed by atoms with Crippen LogP contribution in [0.1, 0.15) is 19.7 Å². The number of carboxylic acid groups (broad SMARTS) is 1. The molecule has 82 valence electrons. The molecule has 0 saturated heterocycles. The van der Waals surface area contributed by atoms with E-state index in [9.17, 15) is 4.79 Å². The van der Waals surface area contributed by atoms with Gasteiger partial charge in [0.25, 0.3) is 0 Å². The Balaban J connectivity index is 2.93. The molecule has 0 amide bonds. The van der Waals surface area contributed by atoms with E-state index in [0.717, 1.165) is 11.5 Å². The Bertz CT molecular complexity index is 387. The van der Waals surface area contributed by atoms with Crippen LogP contribution in [0, 0.1) is 0 Å². The van der Waals surface area contributed by atoms with Gasteiger partial charge in [0.2, 0.25) is 11.5 Å². The van der Waals surface area contributed by atoms with Crippen molar-refractivity contribution in [2.75, 3.05) is 5.73 Å². The predicted octanol–water partition coefficient (Wildman–Crippen LogP) is 0.334. The van der Waals surface area contributed by atoms with Gasteiger partial charge in [0.15, 0.2) is 5.13 Å². The molecule has 15 heavy (non-hydrogen) atoms. The summed E-state index contributed by atoms with van der Waals surface area (Å²) in [6.45, 7) is 3.46. The van der Waals surface area contributed by atoms with E-state index >= 15 is 0 Å². The van der Waals surface area contributed by atoms with Crippen molar-refractivity contribution in [3.05, 3.63) is 5.82 Å². The van der Waals surface area contributed by atoms with Crippen molar-refractivity contribution in [2.45, 2.75) is 20.0 Å². The molecular formula is C7H10N4O3S. The maximum atomic E-state index is 10.8. The Morgan fingerprint density at radius 3 is 2.73 bits per heavy atom. The number of carbonyl (C=O) groups is 1. The van der Waals surface area contributed by atoms with Gasteiger partial charge in [-0.1, -0.05) is 5.16 Å². The average Bonchev–Trinajstić information content (AvgIpc) is 2.51. The molecule has 0 aliphatic carbocycles. The molecule has 1 aromatic heterocycles. The van der Waals surface area contributed by atoms with Crippen LogP contribution in [0.4, 0.5) is 5.13 Å². The molecule has 0 radical (unpaired) electrons. The van der Waals surface area contributed by atoms with Gasteiger partial charge in [-0.15, -0.1) is 0 Å². The molecule has 0 saturated carbocycles. The van der Waals surface area contributed by atoms with Crippen molar-refractivity contribution < 1.29 is 14.7 Å². The van der Waals surface area contributed by atoms with Crippen molar-refractivity contribution in [3.8, 4) is 0 Å².